The SMILES string of the molecule is CCCCNC(=O)c1ccc(CNC(=NC)NCC(C)(C)c2cccs2)cc1.I. The van der Waals surface area contributed by atoms with Crippen LogP contribution in [0.4, 0.5) is 0 Å². The van der Waals surface area contributed by atoms with E-state index in [0.29, 0.717) is 12.1 Å². The van der Waals surface area contributed by atoms with Gasteiger partial charge in [-0.2, -0.15) is 0 Å². The van der Waals surface area contributed by atoms with Gasteiger partial charge in [-0.3, -0.25) is 9.79 Å². The van der Waals surface area contributed by atoms with Crippen LogP contribution in [0, 0.1) is 0 Å². The second kappa shape index (κ2) is 12.8. The molecule has 1 aromatic heterocycles. The zero-order valence-corrected chi connectivity index (χ0v) is 20.9. The minimum Gasteiger partial charge on any atom is -0.356 e. The molecule has 1 amide bonds. The van der Waals surface area contributed by atoms with Crippen LogP contribution in [0.2, 0.25) is 0 Å². The van der Waals surface area contributed by atoms with Crippen LogP contribution in [0.5, 0.6) is 0 Å². The number of amides is 1. The lowest BCUT2D eigenvalue weighted by molar-refractivity contribution is 0.0953. The number of nitrogens with zero attached hydrogens (tertiary/aromatic N) is 1. The molecule has 3 N–H and O–H groups in total. The number of nitrogens with one attached hydrogen (secondary N) is 3. The first kappa shape index (κ1) is 25.4. The average molecular weight is 529 g/mol. The summed E-state index contributed by atoms with van der Waals surface area (Å²) in [6.45, 7) is 8.73. The van der Waals surface area contributed by atoms with Crippen LogP contribution in [0.1, 0.15) is 54.4 Å². The summed E-state index contributed by atoms with van der Waals surface area (Å²) in [4.78, 5) is 17.7. The largest absolute Gasteiger partial charge is 0.356 e. The minimum atomic E-state index is -0.0127. The third-order valence-electron chi connectivity index (χ3n) is 4.60. The van der Waals surface area contributed by atoms with E-state index in [0.717, 1.165) is 37.5 Å². The Morgan fingerprint density at radius 2 is 1.83 bits per heavy atom. The molecule has 0 spiro atoms. The highest BCUT2D eigenvalue weighted by Crippen LogP contribution is 2.26. The van der Waals surface area contributed by atoms with Crippen molar-refractivity contribution in [3.63, 3.8) is 0 Å². The topological polar surface area (TPSA) is 65.5 Å². The van der Waals surface area contributed by atoms with Crippen LogP contribution >= 0.6 is 35.3 Å². The van der Waals surface area contributed by atoms with Crippen molar-refractivity contribution in [3.05, 3.63) is 57.8 Å². The molecule has 0 aliphatic carbocycles. The summed E-state index contributed by atoms with van der Waals surface area (Å²) < 4.78 is 0. The third kappa shape index (κ3) is 8.34. The van der Waals surface area contributed by atoms with Gasteiger partial charge in [0.2, 0.25) is 0 Å². The van der Waals surface area contributed by atoms with Crippen LogP contribution in [0.25, 0.3) is 0 Å². The lowest BCUT2D eigenvalue weighted by Gasteiger charge is -2.25. The Kier molecular flexibility index (Phi) is 11.3. The molecule has 0 unspecified atom stereocenters. The van der Waals surface area contributed by atoms with Gasteiger partial charge in [0.05, 0.1) is 0 Å². The fourth-order valence-electron chi connectivity index (χ4n) is 2.72. The zero-order chi connectivity index (χ0) is 20.4. The smallest absolute Gasteiger partial charge is 0.251 e. The molecule has 29 heavy (non-hydrogen) atoms. The van der Waals surface area contributed by atoms with Crippen molar-refractivity contribution >= 4 is 47.2 Å². The highest BCUT2D eigenvalue weighted by Gasteiger charge is 2.21. The first-order valence-electron chi connectivity index (χ1n) is 9.82. The molecular weight excluding hydrogens is 495 g/mol. The van der Waals surface area contributed by atoms with Crippen molar-refractivity contribution < 1.29 is 4.79 Å². The second-order valence-corrected chi connectivity index (χ2v) is 8.39. The normalized spacial score (nSPS) is 11.5. The van der Waals surface area contributed by atoms with Gasteiger partial charge < -0.3 is 16.0 Å². The summed E-state index contributed by atoms with van der Waals surface area (Å²) in [5.74, 6) is 0.757. The number of carbonyl (C=O) groups is 1. The van der Waals surface area contributed by atoms with E-state index in [1.165, 1.54) is 4.88 Å². The van der Waals surface area contributed by atoms with Crippen LogP contribution < -0.4 is 16.0 Å². The van der Waals surface area contributed by atoms with E-state index in [-0.39, 0.29) is 35.3 Å². The Balaban J connectivity index is 0.00000420. The van der Waals surface area contributed by atoms with Gasteiger partial charge >= 0.3 is 0 Å². The van der Waals surface area contributed by atoms with Crippen molar-refractivity contribution in [2.24, 2.45) is 4.99 Å². The number of carbonyl (C=O) groups excluding carboxylic acids is 1. The van der Waals surface area contributed by atoms with Gasteiger partial charge in [0.15, 0.2) is 5.96 Å². The monoisotopic (exact) mass is 528 g/mol. The van der Waals surface area contributed by atoms with Gasteiger partial charge in [-0.1, -0.05) is 45.4 Å². The van der Waals surface area contributed by atoms with Gasteiger partial charge in [0.25, 0.3) is 5.91 Å². The number of benzene rings is 1. The number of aliphatic imine (C=N–C) groups is 1. The van der Waals surface area contributed by atoms with Gasteiger partial charge in [-0.25, -0.2) is 0 Å². The van der Waals surface area contributed by atoms with Crippen molar-refractivity contribution in [2.75, 3.05) is 20.1 Å². The third-order valence-corrected chi connectivity index (χ3v) is 5.84. The average Bonchev–Trinajstić information content (AvgIpc) is 3.24. The van der Waals surface area contributed by atoms with Crippen molar-refractivity contribution in [1.29, 1.82) is 0 Å². The molecule has 0 atom stereocenters. The van der Waals surface area contributed by atoms with Crippen LogP contribution in [-0.2, 0) is 12.0 Å². The highest BCUT2D eigenvalue weighted by molar-refractivity contribution is 14.0. The molecule has 0 saturated heterocycles. The Morgan fingerprint density at radius 3 is 2.41 bits per heavy atom. The molecule has 0 saturated carbocycles. The molecule has 5 nitrogen and oxygen atoms in total. The predicted molar refractivity (Wildman–Crippen MR) is 135 cm³/mol. The van der Waals surface area contributed by atoms with Gasteiger partial charge in [-0.05, 0) is 35.6 Å². The first-order chi connectivity index (χ1) is 13.5. The van der Waals surface area contributed by atoms with Crippen molar-refractivity contribution in [2.45, 2.75) is 45.6 Å². The van der Waals surface area contributed by atoms with E-state index in [1.54, 1.807) is 18.4 Å². The summed E-state index contributed by atoms with van der Waals surface area (Å²) >= 11 is 1.78. The van der Waals surface area contributed by atoms with E-state index >= 15 is 0 Å². The summed E-state index contributed by atoms with van der Waals surface area (Å²) in [6.07, 6.45) is 2.08. The molecule has 1 aromatic carbocycles. The predicted octanol–water partition coefficient (Wildman–Crippen LogP) is 4.54. The van der Waals surface area contributed by atoms with E-state index in [2.05, 4.69) is 59.2 Å². The number of thiophene rings is 1. The Bertz CT molecular complexity index is 758. The fourth-order valence-corrected chi connectivity index (χ4v) is 3.57. The Labute approximate surface area is 195 Å². The Morgan fingerprint density at radius 1 is 1.10 bits per heavy atom. The summed E-state index contributed by atoms with van der Waals surface area (Å²) in [5, 5.41) is 11.8. The molecule has 0 aliphatic rings. The molecule has 2 rings (SSSR count). The molecule has 0 radical (unpaired) electrons. The number of hydrogen-bond donors (Lipinski definition) is 3. The molecule has 0 aliphatic heterocycles. The molecular formula is C22H33IN4OS. The quantitative estimate of drug-likeness (QED) is 0.194. The lowest BCUT2D eigenvalue weighted by atomic mass is 9.91. The minimum absolute atomic E-state index is 0. The number of guanidine groups is 1. The van der Waals surface area contributed by atoms with Gasteiger partial charge in [0, 0.05) is 42.5 Å². The maximum Gasteiger partial charge on any atom is 0.251 e. The number of rotatable bonds is 9. The highest BCUT2D eigenvalue weighted by atomic mass is 127. The Hall–Kier alpha value is -1.61. The fraction of sp³-hybridized carbons (Fsp3) is 0.455. The first-order valence-corrected chi connectivity index (χ1v) is 10.7. The van der Waals surface area contributed by atoms with E-state index in [4.69, 9.17) is 0 Å². The second-order valence-electron chi connectivity index (χ2n) is 7.45. The molecule has 0 fully saturated rings. The van der Waals surface area contributed by atoms with Crippen LogP contribution in [-0.4, -0.2) is 32.0 Å². The van der Waals surface area contributed by atoms with Crippen LogP contribution in [0.3, 0.4) is 0 Å². The molecule has 7 heteroatoms. The number of hydrogen-bond acceptors (Lipinski definition) is 3. The summed E-state index contributed by atoms with van der Waals surface area (Å²) in [5.41, 5.74) is 1.84. The number of unbranched alkanes of at least 4 members (excludes halogenated alkanes) is 1. The maximum absolute atomic E-state index is 12.1. The summed E-state index contributed by atoms with van der Waals surface area (Å²) in [7, 11) is 1.78. The van der Waals surface area contributed by atoms with E-state index in [1.807, 2.05) is 24.3 Å². The molecule has 160 valence electrons. The number of halogens is 1. The zero-order valence-electron chi connectivity index (χ0n) is 17.7. The lowest BCUT2D eigenvalue weighted by Crippen LogP contribution is -2.42. The van der Waals surface area contributed by atoms with Crippen molar-refractivity contribution in [3.8, 4) is 0 Å². The summed E-state index contributed by atoms with van der Waals surface area (Å²) in [6, 6.07) is 11.9. The standard InChI is InChI=1S/C22H32N4OS.HI/c1-5-6-13-24-20(27)18-11-9-17(10-12-18)15-25-21(23-4)26-16-22(2,3)19-8-7-14-28-19;/h7-12,14H,5-6,13,15-16H2,1-4H3,(H,24,27)(H2,23,25,26);1H. The molecule has 2 aromatic rings. The van der Waals surface area contributed by atoms with Crippen LogP contribution in [0.15, 0.2) is 46.8 Å². The van der Waals surface area contributed by atoms with Gasteiger partial charge in [0.1, 0.15) is 0 Å². The molecule has 1 heterocycles. The van der Waals surface area contributed by atoms with Crippen molar-refractivity contribution in [1.82, 2.24) is 16.0 Å². The van der Waals surface area contributed by atoms with E-state index in [9.17, 15) is 4.79 Å². The van der Waals surface area contributed by atoms with Gasteiger partial charge in [-0.15, -0.1) is 35.3 Å². The van der Waals surface area contributed by atoms with E-state index < -0.39 is 0 Å². The maximum atomic E-state index is 12.1. The molecule has 0 bridgehead atoms.